The van der Waals surface area contributed by atoms with E-state index in [1.54, 1.807) is 0 Å². The van der Waals surface area contributed by atoms with Gasteiger partial charge in [-0.05, 0) is 90.7 Å². The number of aromatic nitrogens is 3. The molecule has 0 saturated carbocycles. The lowest BCUT2D eigenvalue weighted by molar-refractivity contribution is 0.733. The predicted molar refractivity (Wildman–Crippen MR) is 158 cm³/mol. The second-order valence-electron chi connectivity index (χ2n) is 9.57. The first-order valence-corrected chi connectivity index (χ1v) is 13.2. The van der Waals surface area contributed by atoms with Gasteiger partial charge in [0.05, 0.1) is 0 Å². The van der Waals surface area contributed by atoms with E-state index in [0.717, 1.165) is 51.7 Å². The second-order valence-corrected chi connectivity index (χ2v) is 9.57. The van der Waals surface area contributed by atoms with E-state index in [-0.39, 0.29) is 0 Å². The van der Waals surface area contributed by atoms with Gasteiger partial charge in [0, 0.05) is 34.5 Å². The molecule has 1 atom stereocenters. The third-order valence-electron chi connectivity index (χ3n) is 7.16. The van der Waals surface area contributed by atoms with Gasteiger partial charge in [0.15, 0.2) is 5.65 Å². The van der Waals surface area contributed by atoms with Crippen LogP contribution in [0.5, 0.6) is 0 Å². The van der Waals surface area contributed by atoms with E-state index >= 15 is 0 Å². The molecular formula is C34H30N4. The largest absolute Gasteiger partial charge is 0.311 e. The van der Waals surface area contributed by atoms with Crippen molar-refractivity contribution in [1.82, 2.24) is 14.5 Å². The quantitative estimate of drug-likeness (QED) is 0.222. The predicted octanol–water partition coefficient (Wildman–Crippen LogP) is 9.07. The Hall–Kier alpha value is -4.70. The first kappa shape index (κ1) is 23.7. The maximum Gasteiger partial charge on any atom is 0.164 e. The summed E-state index contributed by atoms with van der Waals surface area (Å²) in [4.78, 5) is 11.9. The second kappa shape index (κ2) is 10.3. The number of rotatable bonds is 7. The van der Waals surface area contributed by atoms with E-state index < -0.39 is 0 Å². The molecule has 6 rings (SSSR count). The molecule has 2 heterocycles. The fourth-order valence-corrected chi connectivity index (χ4v) is 4.90. The van der Waals surface area contributed by atoms with Crippen LogP contribution in [0.4, 0.5) is 17.1 Å². The minimum absolute atomic E-state index is 0.548. The van der Waals surface area contributed by atoms with Crippen molar-refractivity contribution >= 4 is 28.2 Å². The van der Waals surface area contributed by atoms with Crippen molar-refractivity contribution in [3.63, 3.8) is 0 Å². The third-order valence-corrected chi connectivity index (χ3v) is 7.16. The number of imidazole rings is 1. The van der Waals surface area contributed by atoms with Gasteiger partial charge in [-0.3, -0.25) is 4.57 Å². The molecule has 2 aromatic heterocycles. The summed E-state index contributed by atoms with van der Waals surface area (Å²) < 4.78 is 2.13. The summed E-state index contributed by atoms with van der Waals surface area (Å²) >= 11 is 0. The molecular weight excluding hydrogens is 464 g/mol. The van der Waals surface area contributed by atoms with Crippen LogP contribution in [0.15, 0.2) is 128 Å². The highest BCUT2D eigenvalue weighted by molar-refractivity contribution is 5.82. The molecule has 4 aromatic carbocycles. The lowest BCUT2D eigenvalue weighted by atomic mass is 9.98. The topological polar surface area (TPSA) is 34.0 Å². The monoisotopic (exact) mass is 494 g/mol. The molecule has 4 nitrogen and oxygen atoms in total. The molecule has 0 bridgehead atoms. The van der Waals surface area contributed by atoms with Gasteiger partial charge in [-0.1, -0.05) is 62.4 Å². The number of hydrogen-bond donors (Lipinski definition) is 0. The van der Waals surface area contributed by atoms with Crippen molar-refractivity contribution in [2.75, 3.05) is 4.90 Å². The average molecular weight is 495 g/mol. The Morgan fingerprint density at radius 3 is 1.95 bits per heavy atom. The lowest BCUT2D eigenvalue weighted by Crippen LogP contribution is -2.10. The lowest BCUT2D eigenvalue weighted by Gasteiger charge is -2.26. The van der Waals surface area contributed by atoms with Gasteiger partial charge >= 0.3 is 0 Å². The van der Waals surface area contributed by atoms with Crippen LogP contribution in [0, 0.1) is 0 Å². The van der Waals surface area contributed by atoms with Crippen molar-refractivity contribution < 1.29 is 0 Å². The van der Waals surface area contributed by atoms with Gasteiger partial charge in [-0.2, -0.15) is 0 Å². The van der Waals surface area contributed by atoms with Crippen LogP contribution < -0.4 is 4.90 Å². The standard InChI is InChI=1S/C34H30N4/c1-3-25(2)26-16-20-30(21-17-26)37(28-11-6-4-7-12-28)31-22-18-27(19-23-31)33-36-32-15-10-24-35-34(32)38(33)29-13-8-5-9-14-29/h4-25H,3H2,1-2H3. The van der Waals surface area contributed by atoms with Crippen LogP contribution in [-0.4, -0.2) is 14.5 Å². The Morgan fingerprint density at radius 1 is 0.684 bits per heavy atom. The molecule has 186 valence electrons. The van der Waals surface area contributed by atoms with Crippen molar-refractivity contribution in [2.24, 2.45) is 0 Å². The number of para-hydroxylation sites is 2. The van der Waals surface area contributed by atoms with E-state index in [4.69, 9.17) is 4.98 Å². The van der Waals surface area contributed by atoms with Crippen molar-refractivity contribution in [2.45, 2.75) is 26.2 Å². The van der Waals surface area contributed by atoms with Crippen LogP contribution >= 0.6 is 0 Å². The summed E-state index contributed by atoms with van der Waals surface area (Å²) in [7, 11) is 0. The Balaban J connectivity index is 1.43. The fourth-order valence-electron chi connectivity index (χ4n) is 4.90. The van der Waals surface area contributed by atoms with Crippen molar-refractivity contribution in [3.05, 3.63) is 133 Å². The maximum absolute atomic E-state index is 4.97. The van der Waals surface area contributed by atoms with Gasteiger partial charge in [0.25, 0.3) is 0 Å². The van der Waals surface area contributed by atoms with E-state index in [1.165, 1.54) is 5.56 Å². The highest BCUT2D eigenvalue weighted by Crippen LogP contribution is 2.37. The zero-order valence-corrected chi connectivity index (χ0v) is 21.7. The normalized spacial score (nSPS) is 11.9. The first-order valence-electron chi connectivity index (χ1n) is 13.2. The van der Waals surface area contributed by atoms with Crippen LogP contribution in [0.3, 0.4) is 0 Å². The van der Waals surface area contributed by atoms with E-state index in [2.05, 4.69) is 119 Å². The van der Waals surface area contributed by atoms with Crippen LogP contribution in [0.1, 0.15) is 31.7 Å². The molecule has 0 aliphatic rings. The third kappa shape index (κ3) is 4.46. The Morgan fingerprint density at radius 2 is 1.29 bits per heavy atom. The minimum atomic E-state index is 0.548. The summed E-state index contributed by atoms with van der Waals surface area (Å²) in [6, 6.07) is 42.4. The van der Waals surface area contributed by atoms with Gasteiger partial charge < -0.3 is 4.90 Å². The van der Waals surface area contributed by atoms with Crippen LogP contribution in [0.25, 0.3) is 28.2 Å². The Labute approximate surface area is 223 Å². The van der Waals surface area contributed by atoms with Crippen LogP contribution in [-0.2, 0) is 0 Å². The molecule has 0 aliphatic heterocycles. The molecule has 0 N–H and O–H groups in total. The highest BCUT2D eigenvalue weighted by atomic mass is 15.1. The number of hydrogen-bond acceptors (Lipinski definition) is 3. The molecule has 1 unspecified atom stereocenters. The van der Waals surface area contributed by atoms with Crippen molar-refractivity contribution in [3.8, 4) is 17.1 Å². The molecule has 6 aromatic rings. The van der Waals surface area contributed by atoms with E-state index in [1.807, 2.05) is 36.5 Å². The highest BCUT2D eigenvalue weighted by Gasteiger charge is 2.17. The van der Waals surface area contributed by atoms with Crippen molar-refractivity contribution in [1.29, 1.82) is 0 Å². The Bertz CT molecular complexity index is 1640. The van der Waals surface area contributed by atoms with Gasteiger partial charge in [-0.15, -0.1) is 0 Å². The summed E-state index contributed by atoms with van der Waals surface area (Å²) in [5.41, 5.74) is 8.53. The SMILES string of the molecule is CCC(C)c1ccc(N(c2ccccc2)c2ccc(-c3nc4cccnc4n3-c3ccccc3)cc2)cc1. The molecule has 0 spiro atoms. The fraction of sp³-hybridized carbons (Fsp3) is 0.118. The number of anilines is 3. The molecule has 4 heteroatoms. The zero-order valence-electron chi connectivity index (χ0n) is 21.7. The molecule has 38 heavy (non-hydrogen) atoms. The molecule has 0 aliphatic carbocycles. The Kier molecular flexibility index (Phi) is 6.45. The molecule has 0 amide bonds. The summed E-state index contributed by atoms with van der Waals surface area (Å²) in [6.45, 7) is 4.51. The summed E-state index contributed by atoms with van der Waals surface area (Å²) in [5.74, 6) is 1.42. The molecule has 0 saturated heterocycles. The number of fused-ring (bicyclic) bond motifs is 1. The number of nitrogens with zero attached hydrogens (tertiary/aromatic N) is 4. The van der Waals surface area contributed by atoms with E-state index in [9.17, 15) is 0 Å². The molecule has 0 radical (unpaired) electrons. The average Bonchev–Trinajstić information content (AvgIpc) is 3.38. The van der Waals surface area contributed by atoms with E-state index in [0.29, 0.717) is 5.92 Å². The van der Waals surface area contributed by atoms with Gasteiger partial charge in [0.2, 0.25) is 0 Å². The summed E-state index contributed by atoms with van der Waals surface area (Å²) in [5, 5.41) is 0. The smallest absolute Gasteiger partial charge is 0.164 e. The molecule has 0 fully saturated rings. The van der Waals surface area contributed by atoms with Gasteiger partial charge in [0.1, 0.15) is 11.3 Å². The number of benzene rings is 4. The first-order chi connectivity index (χ1) is 18.7. The minimum Gasteiger partial charge on any atom is -0.311 e. The summed E-state index contributed by atoms with van der Waals surface area (Å²) in [6.07, 6.45) is 2.95. The zero-order chi connectivity index (χ0) is 25.9. The van der Waals surface area contributed by atoms with Crippen LogP contribution in [0.2, 0.25) is 0 Å². The maximum atomic E-state index is 4.97. The number of pyridine rings is 1. The van der Waals surface area contributed by atoms with Gasteiger partial charge in [-0.25, -0.2) is 9.97 Å².